The number of rotatable bonds is 4. The molecule has 1 N–H and O–H groups in total. The summed E-state index contributed by atoms with van der Waals surface area (Å²) in [6.07, 6.45) is 9.04. The lowest BCUT2D eigenvalue weighted by molar-refractivity contribution is -0.131. The fraction of sp³-hybridized carbons (Fsp3) is 0.737. The van der Waals surface area contributed by atoms with Gasteiger partial charge < -0.3 is 4.90 Å². The zero-order chi connectivity index (χ0) is 17.4. The fourth-order valence-electron chi connectivity index (χ4n) is 5.01. The van der Waals surface area contributed by atoms with Crippen molar-refractivity contribution in [1.82, 2.24) is 14.5 Å². The van der Waals surface area contributed by atoms with Crippen molar-refractivity contribution in [3.63, 3.8) is 0 Å². The summed E-state index contributed by atoms with van der Waals surface area (Å²) in [5.74, 6) is 1.11. The Bertz CT molecular complexity index is 779. The molecule has 6 nitrogen and oxygen atoms in total. The Morgan fingerprint density at radius 1 is 0.960 bits per heavy atom. The Labute approximate surface area is 147 Å². The first kappa shape index (κ1) is 16.6. The van der Waals surface area contributed by atoms with Gasteiger partial charge in [-0.05, 0) is 50.9 Å². The number of fused-ring (bicyclic) bond motifs is 2. The smallest absolute Gasteiger partial charge is 0.328 e. The fourth-order valence-corrected chi connectivity index (χ4v) is 5.01. The van der Waals surface area contributed by atoms with Gasteiger partial charge in [-0.2, -0.15) is 0 Å². The number of nitrogens with zero attached hydrogens (tertiary/aromatic N) is 2. The molecule has 2 atom stereocenters. The number of carbonyl (C=O) groups excluding carboxylic acids is 1. The molecule has 1 saturated heterocycles. The minimum Gasteiger partial charge on any atom is -0.342 e. The van der Waals surface area contributed by atoms with Crippen molar-refractivity contribution in [1.29, 1.82) is 0 Å². The van der Waals surface area contributed by atoms with E-state index < -0.39 is 0 Å². The Balaban J connectivity index is 1.43. The normalized spacial score (nSPS) is 25.8. The van der Waals surface area contributed by atoms with Crippen LogP contribution in [0.25, 0.3) is 0 Å². The third-order valence-corrected chi connectivity index (χ3v) is 6.31. The van der Waals surface area contributed by atoms with Gasteiger partial charge in [-0.15, -0.1) is 0 Å². The molecule has 2 fully saturated rings. The third kappa shape index (κ3) is 3.07. The van der Waals surface area contributed by atoms with Crippen molar-refractivity contribution in [2.75, 3.05) is 13.1 Å². The van der Waals surface area contributed by atoms with Crippen molar-refractivity contribution in [3.8, 4) is 0 Å². The van der Waals surface area contributed by atoms with Crippen LogP contribution in [0.15, 0.2) is 9.59 Å². The first-order valence-corrected chi connectivity index (χ1v) is 9.79. The van der Waals surface area contributed by atoms with Gasteiger partial charge in [-0.25, -0.2) is 4.79 Å². The minimum atomic E-state index is -0.299. The minimum absolute atomic E-state index is 0.213. The number of hydrogen-bond acceptors (Lipinski definition) is 3. The number of likely N-dealkylation sites (tertiary alicyclic amines) is 1. The second-order valence-corrected chi connectivity index (χ2v) is 7.83. The van der Waals surface area contributed by atoms with E-state index in [2.05, 4.69) is 4.98 Å². The summed E-state index contributed by atoms with van der Waals surface area (Å²) in [6, 6.07) is 0. The van der Waals surface area contributed by atoms with E-state index in [0.717, 1.165) is 56.3 Å². The summed E-state index contributed by atoms with van der Waals surface area (Å²) < 4.78 is 1.74. The predicted octanol–water partition coefficient (Wildman–Crippen LogP) is 1.45. The van der Waals surface area contributed by atoms with Gasteiger partial charge in [0, 0.05) is 36.8 Å². The second kappa shape index (κ2) is 6.81. The number of hydrogen-bond donors (Lipinski definition) is 1. The molecule has 0 spiro atoms. The zero-order valence-electron chi connectivity index (χ0n) is 14.8. The third-order valence-electron chi connectivity index (χ3n) is 6.31. The molecule has 136 valence electrons. The van der Waals surface area contributed by atoms with Crippen LogP contribution in [0, 0.1) is 11.8 Å². The maximum Gasteiger partial charge on any atom is 0.328 e. The number of carbonyl (C=O) groups is 1. The SMILES string of the molecule is O=C1C2CCCCC2CN1CCCn1c2c(c(=O)[nH]c1=O)CCCC2. The van der Waals surface area contributed by atoms with E-state index in [9.17, 15) is 14.4 Å². The number of H-pyrrole nitrogens is 1. The van der Waals surface area contributed by atoms with Gasteiger partial charge in [0.25, 0.3) is 5.56 Å². The van der Waals surface area contributed by atoms with Crippen LogP contribution in [0.5, 0.6) is 0 Å². The molecular weight excluding hydrogens is 318 g/mol. The Morgan fingerprint density at radius 3 is 2.60 bits per heavy atom. The average molecular weight is 345 g/mol. The van der Waals surface area contributed by atoms with Gasteiger partial charge in [-0.1, -0.05) is 12.8 Å². The van der Waals surface area contributed by atoms with Gasteiger partial charge in [0.15, 0.2) is 0 Å². The molecule has 0 radical (unpaired) electrons. The van der Waals surface area contributed by atoms with Crippen LogP contribution >= 0.6 is 0 Å². The van der Waals surface area contributed by atoms with Gasteiger partial charge >= 0.3 is 5.69 Å². The summed E-state index contributed by atoms with van der Waals surface area (Å²) >= 11 is 0. The quantitative estimate of drug-likeness (QED) is 0.897. The number of aromatic nitrogens is 2. The molecule has 1 saturated carbocycles. The van der Waals surface area contributed by atoms with Crippen molar-refractivity contribution >= 4 is 5.91 Å². The molecule has 0 bridgehead atoms. The molecule has 1 aliphatic heterocycles. The summed E-state index contributed by atoms with van der Waals surface area (Å²) in [6.45, 7) is 2.19. The maximum atomic E-state index is 12.5. The monoisotopic (exact) mass is 345 g/mol. The molecule has 2 unspecified atom stereocenters. The molecular formula is C19H27N3O3. The average Bonchev–Trinajstić information content (AvgIpc) is 2.94. The molecule has 1 aromatic heterocycles. The van der Waals surface area contributed by atoms with Crippen molar-refractivity contribution in [2.45, 2.75) is 64.3 Å². The van der Waals surface area contributed by atoms with Crippen LogP contribution in [-0.2, 0) is 24.2 Å². The Hall–Kier alpha value is -1.85. The topological polar surface area (TPSA) is 75.2 Å². The lowest BCUT2D eigenvalue weighted by Crippen LogP contribution is -2.37. The number of amides is 1. The van der Waals surface area contributed by atoms with Gasteiger partial charge in [0.2, 0.25) is 5.91 Å². The highest BCUT2D eigenvalue weighted by molar-refractivity contribution is 5.81. The van der Waals surface area contributed by atoms with E-state index >= 15 is 0 Å². The van der Waals surface area contributed by atoms with Gasteiger partial charge in [-0.3, -0.25) is 19.1 Å². The summed E-state index contributed by atoms with van der Waals surface area (Å²) in [5, 5.41) is 0. The van der Waals surface area contributed by atoms with Crippen LogP contribution < -0.4 is 11.2 Å². The molecule has 1 amide bonds. The molecule has 3 aliphatic rings. The Kier molecular flexibility index (Phi) is 4.52. The highest BCUT2D eigenvalue weighted by Crippen LogP contribution is 2.36. The first-order valence-electron chi connectivity index (χ1n) is 9.79. The van der Waals surface area contributed by atoms with Crippen molar-refractivity contribution in [2.24, 2.45) is 11.8 Å². The molecule has 1 aromatic rings. The lowest BCUT2D eigenvalue weighted by atomic mass is 9.81. The predicted molar refractivity (Wildman–Crippen MR) is 94.6 cm³/mol. The molecule has 25 heavy (non-hydrogen) atoms. The highest BCUT2D eigenvalue weighted by Gasteiger charge is 2.40. The van der Waals surface area contributed by atoms with Crippen LogP contribution in [0.4, 0.5) is 0 Å². The number of nitrogens with one attached hydrogen (secondary N) is 1. The zero-order valence-corrected chi connectivity index (χ0v) is 14.8. The molecule has 6 heteroatoms. The summed E-state index contributed by atoms with van der Waals surface area (Å²) in [4.78, 5) is 41.2. The van der Waals surface area contributed by atoms with E-state index in [-0.39, 0.29) is 17.2 Å². The summed E-state index contributed by atoms with van der Waals surface area (Å²) in [5.41, 5.74) is 1.19. The van der Waals surface area contributed by atoms with Crippen LogP contribution in [0.1, 0.15) is 56.2 Å². The van der Waals surface area contributed by atoms with E-state index in [1.165, 1.54) is 19.3 Å². The molecule has 2 aliphatic carbocycles. The van der Waals surface area contributed by atoms with Crippen molar-refractivity contribution < 1.29 is 4.79 Å². The van der Waals surface area contributed by atoms with E-state index in [1.54, 1.807) is 4.57 Å². The number of aromatic amines is 1. The van der Waals surface area contributed by atoms with E-state index in [1.807, 2.05) is 4.90 Å². The van der Waals surface area contributed by atoms with Gasteiger partial charge in [0.05, 0.1) is 0 Å². The summed E-state index contributed by atoms with van der Waals surface area (Å²) in [7, 11) is 0. The van der Waals surface area contributed by atoms with E-state index in [0.29, 0.717) is 24.9 Å². The van der Waals surface area contributed by atoms with E-state index in [4.69, 9.17) is 0 Å². The Morgan fingerprint density at radius 2 is 1.76 bits per heavy atom. The second-order valence-electron chi connectivity index (χ2n) is 7.83. The van der Waals surface area contributed by atoms with Gasteiger partial charge in [0.1, 0.15) is 0 Å². The molecule has 2 heterocycles. The first-order chi connectivity index (χ1) is 12.1. The van der Waals surface area contributed by atoms with Crippen LogP contribution in [0.3, 0.4) is 0 Å². The maximum absolute atomic E-state index is 12.5. The highest BCUT2D eigenvalue weighted by atomic mass is 16.2. The largest absolute Gasteiger partial charge is 0.342 e. The molecule has 4 rings (SSSR count). The van der Waals surface area contributed by atoms with Crippen molar-refractivity contribution in [3.05, 3.63) is 32.1 Å². The van der Waals surface area contributed by atoms with Crippen LogP contribution in [0.2, 0.25) is 0 Å². The lowest BCUT2D eigenvalue weighted by Gasteiger charge is -2.21. The molecule has 0 aromatic carbocycles. The van der Waals surface area contributed by atoms with Crippen LogP contribution in [-0.4, -0.2) is 33.4 Å². The standard InChI is InChI=1S/C19H27N3O3/c23-17-15-8-3-4-9-16(15)22(19(25)20-17)11-5-10-21-12-13-6-1-2-7-14(13)18(21)24/h13-14H,1-12H2,(H,20,23,25).